The predicted molar refractivity (Wildman–Crippen MR) is 97.2 cm³/mol. The van der Waals surface area contributed by atoms with Crippen molar-refractivity contribution in [3.05, 3.63) is 41.5 Å². The van der Waals surface area contributed by atoms with Crippen molar-refractivity contribution < 1.29 is 9.53 Å². The maximum absolute atomic E-state index is 12.8. The van der Waals surface area contributed by atoms with Gasteiger partial charge < -0.3 is 14.2 Å². The number of fused-ring (bicyclic) bond motifs is 1. The van der Waals surface area contributed by atoms with E-state index in [0.717, 1.165) is 57.2 Å². The van der Waals surface area contributed by atoms with Gasteiger partial charge >= 0.3 is 0 Å². The van der Waals surface area contributed by atoms with Gasteiger partial charge in [-0.2, -0.15) is 0 Å². The van der Waals surface area contributed by atoms with Gasteiger partial charge in [0.2, 0.25) is 0 Å². The number of aromatic nitrogens is 3. The van der Waals surface area contributed by atoms with E-state index in [2.05, 4.69) is 26.7 Å². The summed E-state index contributed by atoms with van der Waals surface area (Å²) in [5.74, 6) is 3.33. The fourth-order valence-corrected chi connectivity index (χ4v) is 3.88. The maximum atomic E-state index is 12.8. The summed E-state index contributed by atoms with van der Waals surface area (Å²) in [6, 6.07) is 7.37. The third-order valence-electron chi connectivity index (χ3n) is 5.44. The van der Waals surface area contributed by atoms with Crippen molar-refractivity contribution >= 4 is 5.91 Å². The molecule has 2 aliphatic rings. The molecule has 0 unspecified atom stereocenters. The Morgan fingerprint density at radius 1 is 1.15 bits per heavy atom. The Morgan fingerprint density at radius 3 is 2.73 bits per heavy atom. The minimum Gasteiger partial charge on any atom is -0.497 e. The van der Waals surface area contributed by atoms with Crippen LogP contribution in [-0.4, -0.2) is 64.3 Å². The second-order valence-corrected chi connectivity index (χ2v) is 7.16. The van der Waals surface area contributed by atoms with E-state index in [-0.39, 0.29) is 5.91 Å². The highest BCUT2D eigenvalue weighted by atomic mass is 16.5. The summed E-state index contributed by atoms with van der Waals surface area (Å²) in [5.41, 5.74) is 0.686. The van der Waals surface area contributed by atoms with Crippen molar-refractivity contribution in [3.8, 4) is 5.75 Å². The van der Waals surface area contributed by atoms with Crippen LogP contribution < -0.4 is 4.74 Å². The Bertz CT molecular complexity index is 795. The zero-order valence-electron chi connectivity index (χ0n) is 15.4. The number of methoxy groups -OCH3 is 1. The highest BCUT2D eigenvalue weighted by molar-refractivity contribution is 5.94. The lowest BCUT2D eigenvalue weighted by molar-refractivity contribution is 0.0709. The number of hydrogen-bond donors (Lipinski definition) is 0. The second-order valence-electron chi connectivity index (χ2n) is 7.16. The number of rotatable bonds is 3. The SMILES string of the molecule is COc1cccc(C(=O)N2CCC(c3nnc4n3CCN(C)C4)CC2)c1. The van der Waals surface area contributed by atoms with Crippen molar-refractivity contribution in [2.24, 2.45) is 0 Å². The van der Waals surface area contributed by atoms with Gasteiger partial charge in [0, 0.05) is 37.7 Å². The lowest BCUT2D eigenvalue weighted by atomic mass is 9.95. The van der Waals surface area contributed by atoms with Crippen molar-refractivity contribution in [2.75, 3.05) is 33.8 Å². The predicted octanol–water partition coefficient (Wildman–Crippen LogP) is 1.75. The first-order chi connectivity index (χ1) is 12.7. The Kier molecular flexibility index (Phi) is 4.63. The first-order valence-corrected chi connectivity index (χ1v) is 9.19. The van der Waals surface area contributed by atoms with Crippen LogP contribution in [-0.2, 0) is 13.1 Å². The molecule has 2 aliphatic heterocycles. The van der Waals surface area contributed by atoms with Crippen molar-refractivity contribution in [3.63, 3.8) is 0 Å². The standard InChI is InChI=1S/C19H25N5O2/c1-22-10-11-24-17(13-22)20-21-18(24)14-6-8-23(9-7-14)19(25)15-4-3-5-16(12-15)26-2/h3-5,12,14H,6-11,13H2,1-2H3. The normalized spacial score (nSPS) is 18.6. The van der Waals surface area contributed by atoms with Gasteiger partial charge in [0.15, 0.2) is 0 Å². The topological polar surface area (TPSA) is 63.5 Å². The van der Waals surface area contributed by atoms with E-state index in [1.807, 2.05) is 23.1 Å². The number of piperidine rings is 1. The molecule has 138 valence electrons. The zero-order valence-corrected chi connectivity index (χ0v) is 15.4. The molecule has 0 N–H and O–H groups in total. The molecule has 0 spiro atoms. The highest BCUT2D eigenvalue weighted by Crippen LogP contribution is 2.29. The van der Waals surface area contributed by atoms with Crippen LogP contribution in [0.5, 0.6) is 5.75 Å². The van der Waals surface area contributed by atoms with Crippen LogP contribution in [0, 0.1) is 0 Å². The number of likely N-dealkylation sites (N-methyl/N-ethyl adjacent to an activating group) is 1. The van der Waals surface area contributed by atoms with Crippen LogP contribution in [0.1, 0.15) is 40.8 Å². The molecule has 0 bridgehead atoms. The summed E-state index contributed by atoms with van der Waals surface area (Å²) in [6.45, 7) is 4.36. The molecule has 7 heteroatoms. The van der Waals surface area contributed by atoms with Gasteiger partial charge in [0.05, 0.1) is 13.7 Å². The third kappa shape index (κ3) is 3.19. The molecular weight excluding hydrogens is 330 g/mol. The molecule has 4 rings (SSSR count). The quantitative estimate of drug-likeness (QED) is 0.839. The van der Waals surface area contributed by atoms with Gasteiger partial charge in [-0.3, -0.25) is 9.69 Å². The molecule has 2 aromatic rings. The molecule has 1 aromatic heterocycles. The van der Waals surface area contributed by atoms with E-state index in [9.17, 15) is 4.79 Å². The zero-order chi connectivity index (χ0) is 18.1. The smallest absolute Gasteiger partial charge is 0.253 e. The lowest BCUT2D eigenvalue weighted by Gasteiger charge is -2.32. The molecule has 1 saturated heterocycles. The van der Waals surface area contributed by atoms with Crippen molar-refractivity contribution in [1.29, 1.82) is 0 Å². The third-order valence-corrected chi connectivity index (χ3v) is 5.44. The van der Waals surface area contributed by atoms with Gasteiger partial charge in [-0.15, -0.1) is 10.2 Å². The van der Waals surface area contributed by atoms with Gasteiger partial charge in [-0.25, -0.2) is 0 Å². The Morgan fingerprint density at radius 2 is 1.96 bits per heavy atom. The summed E-state index contributed by atoms with van der Waals surface area (Å²) in [7, 11) is 3.73. The van der Waals surface area contributed by atoms with E-state index < -0.39 is 0 Å². The van der Waals surface area contributed by atoms with Gasteiger partial charge in [0.1, 0.15) is 17.4 Å². The minimum atomic E-state index is 0.0762. The molecule has 1 amide bonds. The lowest BCUT2D eigenvalue weighted by Crippen LogP contribution is -2.39. The number of ether oxygens (including phenoxy) is 1. The van der Waals surface area contributed by atoms with Crippen molar-refractivity contribution in [2.45, 2.75) is 31.8 Å². The largest absolute Gasteiger partial charge is 0.497 e. The number of carbonyl (C=O) groups excluding carboxylic acids is 1. The summed E-state index contributed by atoms with van der Waals surface area (Å²) in [6.07, 6.45) is 1.87. The molecule has 0 aliphatic carbocycles. The van der Waals surface area contributed by atoms with Gasteiger partial charge in [0.25, 0.3) is 5.91 Å². The molecule has 7 nitrogen and oxygen atoms in total. The van der Waals surface area contributed by atoms with E-state index in [0.29, 0.717) is 17.2 Å². The molecule has 0 atom stereocenters. The Labute approximate surface area is 153 Å². The molecule has 0 saturated carbocycles. The molecule has 1 aromatic carbocycles. The fraction of sp³-hybridized carbons (Fsp3) is 0.526. The van der Waals surface area contributed by atoms with Crippen LogP contribution in [0.25, 0.3) is 0 Å². The fourth-order valence-electron chi connectivity index (χ4n) is 3.88. The van der Waals surface area contributed by atoms with Gasteiger partial charge in [-0.05, 0) is 38.1 Å². The Balaban J connectivity index is 1.42. The summed E-state index contributed by atoms with van der Waals surface area (Å²) >= 11 is 0. The van der Waals surface area contributed by atoms with Crippen LogP contribution in [0.2, 0.25) is 0 Å². The number of benzene rings is 1. The van der Waals surface area contributed by atoms with Crippen molar-refractivity contribution in [1.82, 2.24) is 24.6 Å². The summed E-state index contributed by atoms with van der Waals surface area (Å²) in [5, 5.41) is 8.85. The molecule has 26 heavy (non-hydrogen) atoms. The molecule has 0 radical (unpaired) electrons. The number of carbonyl (C=O) groups is 1. The van der Waals surface area contributed by atoms with E-state index >= 15 is 0 Å². The summed E-state index contributed by atoms with van der Waals surface area (Å²) in [4.78, 5) is 17.0. The number of amides is 1. The summed E-state index contributed by atoms with van der Waals surface area (Å²) < 4.78 is 7.51. The second kappa shape index (κ2) is 7.07. The van der Waals surface area contributed by atoms with E-state index in [1.54, 1.807) is 13.2 Å². The first kappa shape index (κ1) is 17.0. The molecular formula is C19H25N5O2. The van der Waals surface area contributed by atoms with E-state index in [1.165, 1.54) is 0 Å². The van der Waals surface area contributed by atoms with Crippen LogP contribution in [0.3, 0.4) is 0 Å². The maximum Gasteiger partial charge on any atom is 0.253 e. The number of likely N-dealkylation sites (tertiary alicyclic amines) is 1. The average molecular weight is 355 g/mol. The average Bonchev–Trinajstić information content (AvgIpc) is 3.10. The Hall–Kier alpha value is -2.41. The monoisotopic (exact) mass is 355 g/mol. The highest BCUT2D eigenvalue weighted by Gasteiger charge is 2.29. The molecule has 1 fully saturated rings. The minimum absolute atomic E-state index is 0.0762. The van der Waals surface area contributed by atoms with Crippen LogP contribution in [0.4, 0.5) is 0 Å². The first-order valence-electron chi connectivity index (χ1n) is 9.19. The van der Waals surface area contributed by atoms with Gasteiger partial charge in [-0.1, -0.05) is 6.07 Å². The molecule has 3 heterocycles. The number of nitrogens with zero attached hydrogens (tertiary/aromatic N) is 5. The van der Waals surface area contributed by atoms with Crippen LogP contribution >= 0.6 is 0 Å². The van der Waals surface area contributed by atoms with Crippen LogP contribution in [0.15, 0.2) is 24.3 Å². The number of hydrogen-bond acceptors (Lipinski definition) is 5. The van der Waals surface area contributed by atoms with E-state index in [4.69, 9.17) is 4.74 Å².